The van der Waals surface area contributed by atoms with Crippen molar-refractivity contribution in [2.24, 2.45) is 0 Å². The first-order chi connectivity index (χ1) is 10.5. The van der Waals surface area contributed by atoms with Gasteiger partial charge < -0.3 is 19.4 Å². The normalized spacial score (nSPS) is 15.0. The fourth-order valence-electron chi connectivity index (χ4n) is 2.44. The largest absolute Gasteiger partial charge is 0.476 e. The highest BCUT2D eigenvalue weighted by Gasteiger charge is 2.14. The molecule has 6 heteroatoms. The van der Waals surface area contributed by atoms with Crippen LogP contribution in [0.1, 0.15) is 6.42 Å². The van der Waals surface area contributed by atoms with Gasteiger partial charge in [-0.2, -0.15) is 4.98 Å². The Morgan fingerprint density at radius 2 is 2.27 bits per heavy atom. The minimum atomic E-state index is -1.04. The van der Waals surface area contributed by atoms with Crippen LogP contribution in [-0.4, -0.2) is 37.4 Å². The van der Waals surface area contributed by atoms with Crippen molar-refractivity contribution >= 4 is 24.8 Å². The molecule has 3 heterocycles. The summed E-state index contributed by atoms with van der Waals surface area (Å²) in [7, 11) is -1.04. The molecule has 0 unspecified atom stereocenters. The lowest BCUT2D eigenvalue weighted by Crippen LogP contribution is -2.22. The summed E-state index contributed by atoms with van der Waals surface area (Å²) >= 11 is 0. The standard InChI is InChI=1S/C16H25N3O2Si/c1-22(2,3)10-9-20-12-19-7-5-13-11-14-16(18-15(13)19)21-8-4-6-17-14/h5,7,11,17H,4,6,8-10,12H2,1-3H3. The van der Waals surface area contributed by atoms with Crippen LogP contribution in [0.25, 0.3) is 11.0 Å². The van der Waals surface area contributed by atoms with Gasteiger partial charge in [0.25, 0.3) is 0 Å². The Hall–Kier alpha value is -1.53. The van der Waals surface area contributed by atoms with E-state index in [0.29, 0.717) is 19.2 Å². The lowest BCUT2D eigenvalue weighted by atomic mass is 10.3. The number of aromatic nitrogens is 2. The minimum absolute atomic E-state index is 0.549. The molecule has 0 radical (unpaired) electrons. The second kappa shape index (κ2) is 6.30. The number of ether oxygens (including phenoxy) is 2. The van der Waals surface area contributed by atoms with Crippen LogP contribution in [0.15, 0.2) is 18.3 Å². The molecule has 1 aliphatic rings. The summed E-state index contributed by atoms with van der Waals surface area (Å²) in [6, 6.07) is 5.38. The average Bonchev–Trinajstić information content (AvgIpc) is 2.69. The molecular weight excluding hydrogens is 294 g/mol. The van der Waals surface area contributed by atoms with Crippen molar-refractivity contribution in [2.45, 2.75) is 38.8 Å². The van der Waals surface area contributed by atoms with E-state index in [9.17, 15) is 0 Å². The van der Waals surface area contributed by atoms with E-state index in [1.54, 1.807) is 0 Å². The number of hydrogen-bond donors (Lipinski definition) is 1. The van der Waals surface area contributed by atoms with E-state index in [0.717, 1.165) is 36.3 Å². The predicted molar refractivity (Wildman–Crippen MR) is 92.4 cm³/mol. The van der Waals surface area contributed by atoms with Crippen LogP contribution in [-0.2, 0) is 11.5 Å². The minimum Gasteiger partial charge on any atom is -0.476 e. The molecule has 0 saturated carbocycles. The third-order valence-corrected chi connectivity index (χ3v) is 5.51. The molecule has 0 amide bonds. The molecule has 0 fully saturated rings. The summed E-state index contributed by atoms with van der Waals surface area (Å²) in [6.07, 6.45) is 3.03. The SMILES string of the molecule is C[Si](C)(C)CCOCn1ccc2cc3c(nc21)OCCCN3. The van der Waals surface area contributed by atoms with Crippen molar-refractivity contribution in [3.8, 4) is 5.88 Å². The van der Waals surface area contributed by atoms with Gasteiger partial charge in [0.15, 0.2) is 0 Å². The van der Waals surface area contributed by atoms with Crippen molar-refractivity contribution in [1.82, 2.24) is 9.55 Å². The number of pyridine rings is 1. The summed E-state index contributed by atoms with van der Waals surface area (Å²) in [5, 5.41) is 4.49. The smallest absolute Gasteiger partial charge is 0.239 e. The maximum Gasteiger partial charge on any atom is 0.239 e. The van der Waals surface area contributed by atoms with Crippen LogP contribution in [0.5, 0.6) is 5.88 Å². The fraction of sp³-hybridized carbons (Fsp3) is 0.562. The zero-order chi connectivity index (χ0) is 15.6. The summed E-state index contributed by atoms with van der Waals surface area (Å²) in [6.45, 7) is 10.1. The number of nitrogens with one attached hydrogen (secondary N) is 1. The number of rotatable bonds is 5. The van der Waals surface area contributed by atoms with Crippen molar-refractivity contribution in [2.75, 3.05) is 25.1 Å². The summed E-state index contributed by atoms with van der Waals surface area (Å²) in [5.74, 6) is 0.701. The molecular formula is C16H25N3O2Si. The van der Waals surface area contributed by atoms with Gasteiger partial charge in [-0.3, -0.25) is 0 Å². The van der Waals surface area contributed by atoms with Crippen LogP contribution in [0.3, 0.4) is 0 Å². The molecule has 0 aromatic carbocycles. The topological polar surface area (TPSA) is 48.3 Å². The zero-order valence-corrected chi connectivity index (χ0v) is 14.7. The highest BCUT2D eigenvalue weighted by atomic mass is 28.3. The Balaban J connectivity index is 1.72. The van der Waals surface area contributed by atoms with E-state index < -0.39 is 8.07 Å². The van der Waals surface area contributed by atoms with E-state index in [2.05, 4.69) is 42.1 Å². The Morgan fingerprint density at radius 1 is 1.41 bits per heavy atom. The second-order valence-electron chi connectivity index (χ2n) is 7.02. The van der Waals surface area contributed by atoms with Gasteiger partial charge in [0.05, 0.1) is 12.3 Å². The predicted octanol–water partition coefficient (Wildman–Crippen LogP) is 3.54. The van der Waals surface area contributed by atoms with Crippen LogP contribution < -0.4 is 10.1 Å². The number of hydrogen-bond acceptors (Lipinski definition) is 4. The molecule has 1 aliphatic heterocycles. The monoisotopic (exact) mass is 319 g/mol. The Labute approximate surface area is 132 Å². The lowest BCUT2D eigenvalue weighted by Gasteiger charge is -2.15. The van der Waals surface area contributed by atoms with Crippen LogP contribution in [0.4, 0.5) is 5.69 Å². The van der Waals surface area contributed by atoms with Gasteiger partial charge in [0.2, 0.25) is 5.88 Å². The maximum atomic E-state index is 5.83. The third-order valence-electron chi connectivity index (χ3n) is 3.80. The van der Waals surface area contributed by atoms with Crippen LogP contribution >= 0.6 is 0 Å². The van der Waals surface area contributed by atoms with Crippen molar-refractivity contribution in [3.05, 3.63) is 18.3 Å². The zero-order valence-electron chi connectivity index (χ0n) is 13.7. The van der Waals surface area contributed by atoms with Gasteiger partial charge in [0.1, 0.15) is 12.4 Å². The van der Waals surface area contributed by atoms with Gasteiger partial charge in [0, 0.05) is 32.8 Å². The molecule has 0 atom stereocenters. The molecule has 0 aliphatic carbocycles. The number of nitrogens with zero attached hydrogens (tertiary/aromatic N) is 2. The van der Waals surface area contributed by atoms with Gasteiger partial charge in [-0.1, -0.05) is 19.6 Å². The molecule has 0 saturated heterocycles. The Morgan fingerprint density at radius 3 is 3.09 bits per heavy atom. The molecule has 22 heavy (non-hydrogen) atoms. The molecule has 5 nitrogen and oxygen atoms in total. The first kappa shape index (κ1) is 15.4. The molecule has 2 aromatic rings. The first-order valence-corrected chi connectivity index (χ1v) is 11.7. The molecule has 1 N–H and O–H groups in total. The molecule has 3 rings (SSSR count). The van der Waals surface area contributed by atoms with E-state index in [1.807, 2.05) is 10.8 Å². The quantitative estimate of drug-likeness (QED) is 0.676. The van der Waals surface area contributed by atoms with Crippen LogP contribution in [0.2, 0.25) is 25.7 Å². The second-order valence-corrected chi connectivity index (χ2v) is 12.6. The van der Waals surface area contributed by atoms with Crippen molar-refractivity contribution in [3.63, 3.8) is 0 Å². The van der Waals surface area contributed by atoms with Crippen molar-refractivity contribution in [1.29, 1.82) is 0 Å². The Bertz CT molecular complexity index is 649. The molecule has 0 bridgehead atoms. The van der Waals surface area contributed by atoms with Crippen LogP contribution in [0, 0.1) is 0 Å². The Kier molecular flexibility index (Phi) is 4.40. The van der Waals surface area contributed by atoms with Crippen molar-refractivity contribution < 1.29 is 9.47 Å². The van der Waals surface area contributed by atoms with E-state index >= 15 is 0 Å². The third kappa shape index (κ3) is 3.62. The van der Waals surface area contributed by atoms with Gasteiger partial charge in [-0.05, 0) is 24.6 Å². The first-order valence-electron chi connectivity index (χ1n) is 7.97. The van der Waals surface area contributed by atoms with Gasteiger partial charge >= 0.3 is 0 Å². The molecule has 2 aromatic heterocycles. The van der Waals surface area contributed by atoms with Gasteiger partial charge in [-0.25, -0.2) is 0 Å². The number of fused-ring (bicyclic) bond motifs is 2. The van der Waals surface area contributed by atoms with E-state index in [-0.39, 0.29) is 0 Å². The molecule has 0 spiro atoms. The summed E-state index contributed by atoms with van der Waals surface area (Å²) in [5.41, 5.74) is 1.91. The maximum absolute atomic E-state index is 5.83. The number of anilines is 1. The summed E-state index contributed by atoms with van der Waals surface area (Å²) < 4.78 is 13.6. The van der Waals surface area contributed by atoms with Gasteiger partial charge in [-0.15, -0.1) is 0 Å². The average molecular weight is 319 g/mol. The summed E-state index contributed by atoms with van der Waals surface area (Å²) in [4.78, 5) is 4.67. The highest BCUT2D eigenvalue weighted by Crippen LogP contribution is 2.29. The van der Waals surface area contributed by atoms with E-state index in [4.69, 9.17) is 9.47 Å². The highest BCUT2D eigenvalue weighted by molar-refractivity contribution is 6.76. The fourth-order valence-corrected chi connectivity index (χ4v) is 3.20. The van der Waals surface area contributed by atoms with E-state index in [1.165, 1.54) is 6.04 Å². The lowest BCUT2D eigenvalue weighted by molar-refractivity contribution is 0.0898. The molecule has 120 valence electrons.